The molecule has 3 rings (SSSR count). The Morgan fingerprint density at radius 1 is 1.10 bits per heavy atom. The number of likely N-dealkylation sites (tertiary alicyclic amines) is 1. The summed E-state index contributed by atoms with van der Waals surface area (Å²) in [5.74, 6) is 0.710. The van der Waals surface area contributed by atoms with Crippen molar-refractivity contribution in [1.82, 2.24) is 24.6 Å². The molecule has 0 radical (unpaired) electrons. The van der Waals surface area contributed by atoms with Gasteiger partial charge < -0.3 is 4.90 Å². The summed E-state index contributed by atoms with van der Waals surface area (Å²) in [4.78, 5) is 16.7. The van der Waals surface area contributed by atoms with E-state index in [1.807, 2.05) is 4.57 Å². The standard InChI is InChI=1S/C22H28FN5OS/c1-3-12-27(13-4-2)21(29)17-30-22-25-24-20(16-26-14-6-5-7-15-26)28(22)19-10-8-18(23)9-11-19/h3-4,8-11H,1-2,5-7,12-17H2. The number of thioether (sulfide) groups is 1. The van der Waals surface area contributed by atoms with Crippen molar-refractivity contribution >= 4 is 17.7 Å². The second-order valence-electron chi connectivity index (χ2n) is 7.21. The molecule has 2 aromatic rings. The molecule has 0 aliphatic carbocycles. The molecule has 0 unspecified atom stereocenters. The number of hydrogen-bond acceptors (Lipinski definition) is 5. The molecule has 1 aliphatic heterocycles. The quantitative estimate of drug-likeness (QED) is 0.426. The van der Waals surface area contributed by atoms with E-state index >= 15 is 0 Å². The first-order valence-electron chi connectivity index (χ1n) is 10.2. The van der Waals surface area contributed by atoms with Gasteiger partial charge in [-0.3, -0.25) is 14.3 Å². The summed E-state index contributed by atoms with van der Waals surface area (Å²) in [6, 6.07) is 6.28. The van der Waals surface area contributed by atoms with E-state index in [0.29, 0.717) is 24.8 Å². The average Bonchev–Trinajstić information content (AvgIpc) is 3.15. The Hall–Kier alpha value is -2.45. The summed E-state index contributed by atoms with van der Waals surface area (Å²) in [6.45, 7) is 11.1. The van der Waals surface area contributed by atoms with Crippen molar-refractivity contribution in [2.24, 2.45) is 0 Å². The van der Waals surface area contributed by atoms with E-state index in [2.05, 4.69) is 28.3 Å². The van der Waals surface area contributed by atoms with Crippen molar-refractivity contribution in [3.05, 3.63) is 61.2 Å². The molecule has 2 heterocycles. The van der Waals surface area contributed by atoms with Crippen LogP contribution in [0.2, 0.25) is 0 Å². The number of piperidine rings is 1. The lowest BCUT2D eigenvalue weighted by Gasteiger charge is -2.26. The van der Waals surface area contributed by atoms with Crippen molar-refractivity contribution in [3.63, 3.8) is 0 Å². The van der Waals surface area contributed by atoms with Crippen molar-refractivity contribution in [3.8, 4) is 5.69 Å². The summed E-state index contributed by atoms with van der Waals surface area (Å²) in [5.41, 5.74) is 0.789. The second kappa shape index (κ2) is 11.1. The van der Waals surface area contributed by atoms with Gasteiger partial charge >= 0.3 is 0 Å². The number of aromatic nitrogens is 3. The highest BCUT2D eigenvalue weighted by Gasteiger charge is 2.20. The normalized spacial score (nSPS) is 14.4. The molecule has 1 aromatic heterocycles. The monoisotopic (exact) mass is 429 g/mol. The zero-order chi connectivity index (χ0) is 21.3. The van der Waals surface area contributed by atoms with E-state index in [0.717, 1.165) is 24.6 Å². The Morgan fingerprint density at radius 3 is 2.40 bits per heavy atom. The fourth-order valence-corrected chi connectivity index (χ4v) is 4.34. The number of halogens is 1. The SMILES string of the molecule is C=CCN(CC=C)C(=O)CSc1nnc(CN2CCCCC2)n1-c1ccc(F)cc1. The number of amides is 1. The third-order valence-electron chi connectivity index (χ3n) is 4.98. The van der Waals surface area contributed by atoms with E-state index in [4.69, 9.17) is 0 Å². The summed E-state index contributed by atoms with van der Waals surface area (Å²) in [5, 5.41) is 9.38. The number of rotatable bonds is 10. The van der Waals surface area contributed by atoms with Crippen LogP contribution in [0.15, 0.2) is 54.7 Å². The molecule has 1 amide bonds. The van der Waals surface area contributed by atoms with Gasteiger partial charge in [0.1, 0.15) is 5.82 Å². The smallest absolute Gasteiger partial charge is 0.233 e. The molecule has 8 heteroatoms. The molecule has 0 spiro atoms. The van der Waals surface area contributed by atoms with E-state index in [1.165, 1.54) is 43.2 Å². The lowest BCUT2D eigenvalue weighted by molar-refractivity contribution is -0.127. The third kappa shape index (κ3) is 5.79. The number of nitrogens with zero attached hydrogens (tertiary/aromatic N) is 5. The molecule has 1 aliphatic rings. The molecule has 0 N–H and O–H groups in total. The van der Waals surface area contributed by atoms with Crippen molar-refractivity contribution in [2.75, 3.05) is 31.9 Å². The molecular formula is C22H28FN5OS. The summed E-state index contributed by atoms with van der Waals surface area (Å²) >= 11 is 1.33. The van der Waals surface area contributed by atoms with Gasteiger partial charge in [-0.15, -0.1) is 23.4 Å². The van der Waals surface area contributed by atoms with E-state index < -0.39 is 0 Å². The predicted molar refractivity (Wildman–Crippen MR) is 118 cm³/mol. The lowest BCUT2D eigenvalue weighted by Crippen LogP contribution is -2.32. The average molecular weight is 430 g/mol. The number of carbonyl (C=O) groups is 1. The maximum Gasteiger partial charge on any atom is 0.233 e. The van der Waals surface area contributed by atoms with Crippen LogP contribution >= 0.6 is 11.8 Å². The van der Waals surface area contributed by atoms with Gasteiger partial charge in [0.15, 0.2) is 11.0 Å². The molecule has 0 atom stereocenters. The third-order valence-corrected chi connectivity index (χ3v) is 5.89. The molecule has 0 saturated carbocycles. The molecule has 30 heavy (non-hydrogen) atoms. The zero-order valence-corrected chi connectivity index (χ0v) is 18.0. The largest absolute Gasteiger partial charge is 0.335 e. The van der Waals surface area contributed by atoms with E-state index in [-0.39, 0.29) is 17.5 Å². The van der Waals surface area contributed by atoms with Gasteiger partial charge in [-0.1, -0.05) is 30.3 Å². The Bertz CT molecular complexity index is 851. The molecule has 1 saturated heterocycles. The minimum Gasteiger partial charge on any atom is -0.335 e. The fourth-order valence-electron chi connectivity index (χ4n) is 3.47. The van der Waals surface area contributed by atoms with E-state index in [1.54, 1.807) is 29.2 Å². The van der Waals surface area contributed by atoms with Crippen molar-refractivity contribution in [1.29, 1.82) is 0 Å². The van der Waals surface area contributed by atoms with Gasteiger partial charge in [0.05, 0.1) is 12.3 Å². The van der Waals surface area contributed by atoms with Crippen LogP contribution in [0.5, 0.6) is 0 Å². The zero-order valence-electron chi connectivity index (χ0n) is 17.2. The Kier molecular flexibility index (Phi) is 8.21. The maximum atomic E-state index is 13.5. The van der Waals surface area contributed by atoms with Gasteiger partial charge in [-0.05, 0) is 50.2 Å². The molecule has 160 valence electrons. The summed E-state index contributed by atoms with van der Waals surface area (Å²) in [6.07, 6.45) is 7.02. The van der Waals surface area contributed by atoms with Crippen LogP contribution in [0.25, 0.3) is 5.69 Å². The maximum absolute atomic E-state index is 13.5. The first-order valence-corrected chi connectivity index (χ1v) is 11.2. The van der Waals surface area contributed by atoms with Gasteiger partial charge in [-0.25, -0.2) is 4.39 Å². The van der Waals surface area contributed by atoms with Crippen LogP contribution in [0.4, 0.5) is 4.39 Å². The first-order chi connectivity index (χ1) is 14.6. The Labute approximate surface area is 181 Å². The molecule has 1 aromatic carbocycles. The van der Waals surface area contributed by atoms with Gasteiger partial charge in [0, 0.05) is 18.8 Å². The van der Waals surface area contributed by atoms with Crippen LogP contribution in [0, 0.1) is 5.82 Å². The lowest BCUT2D eigenvalue weighted by atomic mass is 10.1. The molecule has 6 nitrogen and oxygen atoms in total. The summed E-state index contributed by atoms with van der Waals surface area (Å²) in [7, 11) is 0. The van der Waals surface area contributed by atoms with Crippen LogP contribution in [0.1, 0.15) is 25.1 Å². The van der Waals surface area contributed by atoms with Crippen LogP contribution < -0.4 is 0 Å². The van der Waals surface area contributed by atoms with Crippen molar-refractivity contribution < 1.29 is 9.18 Å². The van der Waals surface area contributed by atoms with Crippen molar-refractivity contribution in [2.45, 2.75) is 31.0 Å². The summed E-state index contributed by atoms with van der Waals surface area (Å²) < 4.78 is 15.4. The highest BCUT2D eigenvalue weighted by atomic mass is 32.2. The molecule has 1 fully saturated rings. The first kappa shape index (κ1) is 22.2. The highest BCUT2D eigenvalue weighted by Crippen LogP contribution is 2.24. The number of benzene rings is 1. The molecule has 0 bridgehead atoms. The highest BCUT2D eigenvalue weighted by molar-refractivity contribution is 7.99. The number of hydrogen-bond donors (Lipinski definition) is 0. The van der Waals surface area contributed by atoms with Gasteiger partial charge in [0.25, 0.3) is 0 Å². The minimum absolute atomic E-state index is 0.0222. The molecular weight excluding hydrogens is 401 g/mol. The topological polar surface area (TPSA) is 54.3 Å². The van der Waals surface area contributed by atoms with Gasteiger partial charge in [0.2, 0.25) is 5.91 Å². The Morgan fingerprint density at radius 2 is 1.77 bits per heavy atom. The van der Waals surface area contributed by atoms with Gasteiger partial charge in [-0.2, -0.15) is 0 Å². The predicted octanol–water partition coefficient (Wildman–Crippen LogP) is 3.69. The van der Waals surface area contributed by atoms with Crippen LogP contribution in [-0.4, -0.2) is 62.4 Å². The van der Waals surface area contributed by atoms with Crippen LogP contribution in [-0.2, 0) is 11.3 Å². The van der Waals surface area contributed by atoms with Crippen LogP contribution in [0.3, 0.4) is 0 Å². The second-order valence-corrected chi connectivity index (χ2v) is 8.15. The fraction of sp³-hybridized carbons (Fsp3) is 0.409. The Balaban J connectivity index is 1.80. The van der Waals surface area contributed by atoms with E-state index in [9.17, 15) is 9.18 Å². The minimum atomic E-state index is -0.293. The number of carbonyl (C=O) groups excluding carboxylic acids is 1.